The number of benzene rings is 1. The van der Waals surface area contributed by atoms with E-state index >= 15 is 0 Å². The van der Waals surface area contributed by atoms with Gasteiger partial charge in [-0.1, -0.05) is 78.5 Å². The smallest absolute Gasteiger partial charge is 0.303 e. The van der Waals surface area contributed by atoms with E-state index in [-0.39, 0.29) is 5.60 Å². The summed E-state index contributed by atoms with van der Waals surface area (Å²) in [6.45, 7) is 21.5. The fraction of sp³-hybridized carbons (Fsp3) is 0.727. The molecule has 0 unspecified atom stereocenters. The number of fused-ring (bicyclic) bond motifs is 1. The van der Waals surface area contributed by atoms with Gasteiger partial charge >= 0.3 is 5.97 Å². The normalized spacial score (nSPS) is 18.2. The van der Waals surface area contributed by atoms with Gasteiger partial charge in [0.2, 0.25) is 0 Å². The molecule has 1 aliphatic rings. The van der Waals surface area contributed by atoms with Crippen LogP contribution in [0.25, 0.3) is 0 Å². The van der Waals surface area contributed by atoms with E-state index < -0.39 is 14.0 Å². The van der Waals surface area contributed by atoms with E-state index in [1.54, 1.807) is 5.56 Å². The van der Waals surface area contributed by atoms with Crippen molar-refractivity contribution in [3.63, 3.8) is 0 Å². The number of aliphatic carboxylic acids is 1. The lowest BCUT2D eigenvalue weighted by molar-refractivity contribution is -0.137. The molecule has 37 heavy (non-hydrogen) atoms. The summed E-state index contributed by atoms with van der Waals surface area (Å²) in [5, 5.41) is 9.07. The third kappa shape index (κ3) is 9.01. The monoisotopic (exact) mass is 528 g/mol. The minimum Gasteiger partial charge on any atom is -0.483 e. The Bertz CT molecular complexity index is 938. The predicted octanol–water partition coefficient (Wildman–Crippen LogP) is 9.83. The molecule has 1 N–H and O–H groups in total. The zero-order valence-electron chi connectivity index (χ0n) is 25.6. The Balaban J connectivity index is 1.88. The predicted molar refractivity (Wildman–Crippen MR) is 162 cm³/mol. The summed E-state index contributed by atoms with van der Waals surface area (Å²) in [4.78, 5) is 10.5. The Labute approximate surface area is 229 Å². The van der Waals surface area contributed by atoms with Crippen LogP contribution in [0.5, 0.6) is 5.75 Å². The number of carboxylic acid groups (broad SMARTS) is 1. The second-order valence-electron chi connectivity index (χ2n) is 13.5. The summed E-state index contributed by atoms with van der Waals surface area (Å²) in [6, 6.07) is 1.24. The van der Waals surface area contributed by atoms with Crippen LogP contribution in [0, 0.1) is 20.8 Å². The minimum absolute atomic E-state index is 0.215. The standard InChI is InChI=1S/C33H56O3Si/c1-25-26(2)31-28(27(3)29(25)24-37(8,9)32(4,5)6)21-23-33(7,36-31)22-19-17-15-13-11-10-12-14-16-18-20-30(34)35/h19,22H,10-18,20-21,23-24H2,1-9H3,(H,34,35)/t33-/m1/s1. The number of unbranched alkanes of at least 4 members (excludes halogenated alkanes) is 8. The summed E-state index contributed by atoms with van der Waals surface area (Å²) >= 11 is 0. The van der Waals surface area contributed by atoms with Crippen molar-refractivity contribution < 1.29 is 14.6 Å². The SMILES string of the molecule is Cc1c(C)c2c(c(C)c1C[Si](C)(C)C(C)(C)C)CC[C@@](C)(C=CCCCCCCCCCCC(=O)O)O2. The summed E-state index contributed by atoms with van der Waals surface area (Å²) in [6.07, 6.45) is 17.6. The largest absolute Gasteiger partial charge is 0.483 e. The van der Waals surface area contributed by atoms with E-state index in [1.165, 1.54) is 66.8 Å². The van der Waals surface area contributed by atoms with Crippen LogP contribution in [-0.4, -0.2) is 24.8 Å². The summed E-state index contributed by atoms with van der Waals surface area (Å²) < 4.78 is 6.76. The highest BCUT2D eigenvalue weighted by Crippen LogP contribution is 2.44. The number of carboxylic acids is 1. The Hall–Kier alpha value is -1.55. The number of hydrogen-bond donors (Lipinski definition) is 1. The topological polar surface area (TPSA) is 46.5 Å². The molecule has 3 nitrogen and oxygen atoms in total. The first-order valence-corrected chi connectivity index (χ1v) is 18.1. The van der Waals surface area contributed by atoms with Gasteiger partial charge < -0.3 is 9.84 Å². The summed E-state index contributed by atoms with van der Waals surface area (Å²) in [5.41, 5.74) is 7.09. The first-order valence-electron chi connectivity index (χ1n) is 14.9. The number of carbonyl (C=O) groups is 1. The lowest BCUT2D eigenvalue weighted by Gasteiger charge is -2.40. The van der Waals surface area contributed by atoms with Gasteiger partial charge in [-0.15, -0.1) is 0 Å². The molecule has 1 heterocycles. The molecule has 2 rings (SSSR count). The Morgan fingerprint density at radius 3 is 2.08 bits per heavy atom. The van der Waals surface area contributed by atoms with Crippen LogP contribution in [0.15, 0.2) is 12.2 Å². The maximum Gasteiger partial charge on any atom is 0.303 e. The number of hydrogen-bond acceptors (Lipinski definition) is 2. The maximum atomic E-state index is 10.5. The molecule has 0 aromatic heterocycles. The third-order valence-corrected chi connectivity index (χ3v) is 14.7. The van der Waals surface area contributed by atoms with E-state index in [0.29, 0.717) is 11.5 Å². The molecule has 0 amide bonds. The Kier molecular flexibility index (Phi) is 11.5. The minimum atomic E-state index is -1.42. The molecule has 1 aliphatic heterocycles. The molecule has 0 saturated carbocycles. The van der Waals surface area contributed by atoms with Crippen molar-refractivity contribution in [3.05, 3.63) is 40.0 Å². The third-order valence-electron chi connectivity index (χ3n) is 9.37. The number of allylic oxidation sites excluding steroid dienone is 1. The lowest BCUT2D eigenvalue weighted by Crippen LogP contribution is -2.41. The van der Waals surface area contributed by atoms with Crippen LogP contribution in [0.3, 0.4) is 0 Å². The van der Waals surface area contributed by atoms with E-state index in [2.05, 4.69) is 73.7 Å². The molecule has 1 atom stereocenters. The molecular formula is C33H56O3Si. The quantitative estimate of drug-likeness (QED) is 0.148. The lowest BCUT2D eigenvalue weighted by atomic mass is 9.85. The highest BCUT2D eigenvalue weighted by molar-refractivity contribution is 6.79. The van der Waals surface area contributed by atoms with Crippen LogP contribution in [0.2, 0.25) is 18.1 Å². The molecule has 0 bridgehead atoms. The van der Waals surface area contributed by atoms with Gasteiger partial charge in [-0.05, 0) is 105 Å². The highest BCUT2D eigenvalue weighted by atomic mass is 28.3. The average Bonchev–Trinajstić information content (AvgIpc) is 2.80. The van der Waals surface area contributed by atoms with E-state index in [4.69, 9.17) is 9.84 Å². The van der Waals surface area contributed by atoms with Gasteiger partial charge in [0, 0.05) is 6.42 Å². The molecule has 0 fully saturated rings. The highest BCUT2D eigenvalue weighted by Gasteiger charge is 2.38. The first-order chi connectivity index (χ1) is 17.2. The molecule has 0 aliphatic carbocycles. The molecule has 4 heteroatoms. The van der Waals surface area contributed by atoms with Crippen molar-refractivity contribution in [1.29, 1.82) is 0 Å². The van der Waals surface area contributed by atoms with Crippen molar-refractivity contribution in [2.75, 3.05) is 0 Å². The summed E-state index contributed by atoms with van der Waals surface area (Å²) in [5.74, 6) is 0.479. The second-order valence-corrected chi connectivity index (χ2v) is 19.2. The van der Waals surface area contributed by atoms with Gasteiger partial charge in [-0.3, -0.25) is 4.79 Å². The van der Waals surface area contributed by atoms with Crippen molar-refractivity contribution in [2.24, 2.45) is 0 Å². The molecule has 0 radical (unpaired) electrons. The fourth-order valence-electron chi connectivity index (χ4n) is 5.37. The van der Waals surface area contributed by atoms with Crippen LogP contribution in [0.1, 0.15) is 126 Å². The number of ether oxygens (including phenoxy) is 1. The second kappa shape index (κ2) is 13.5. The molecule has 1 aromatic rings. The number of rotatable bonds is 14. The van der Waals surface area contributed by atoms with Crippen LogP contribution < -0.4 is 4.74 Å². The molecular weight excluding hydrogens is 472 g/mol. The molecule has 210 valence electrons. The van der Waals surface area contributed by atoms with Gasteiger partial charge in [-0.2, -0.15) is 0 Å². The van der Waals surface area contributed by atoms with Crippen LogP contribution >= 0.6 is 0 Å². The summed E-state index contributed by atoms with van der Waals surface area (Å²) in [7, 11) is -1.42. The first kappa shape index (κ1) is 31.7. The zero-order chi connectivity index (χ0) is 27.9. The van der Waals surface area contributed by atoms with Crippen LogP contribution in [-0.2, 0) is 17.3 Å². The molecule has 0 spiro atoms. The zero-order valence-corrected chi connectivity index (χ0v) is 26.6. The van der Waals surface area contributed by atoms with Gasteiger partial charge in [0.05, 0.1) is 8.07 Å². The Morgan fingerprint density at radius 2 is 1.51 bits per heavy atom. The van der Waals surface area contributed by atoms with Gasteiger partial charge in [0.15, 0.2) is 0 Å². The van der Waals surface area contributed by atoms with Gasteiger partial charge in [0.25, 0.3) is 0 Å². The van der Waals surface area contributed by atoms with E-state index in [9.17, 15) is 4.79 Å². The van der Waals surface area contributed by atoms with Crippen molar-refractivity contribution in [3.8, 4) is 5.75 Å². The van der Waals surface area contributed by atoms with E-state index in [0.717, 1.165) is 37.9 Å². The van der Waals surface area contributed by atoms with Gasteiger partial charge in [-0.25, -0.2) is 0 Å². The van der Waals surface area contributed by atoms with Crippen molar-refractivity contribution in [1.82, 2.24) is 0 Å². The molecule has 1 aromatic carbocycles. The maximum absolute atomic E-state index is 10.5. The Morgan fingerprint density at radius 1 is 0.946 bits per heavy atom. The average molecular weight is 529 g/mol. The van der Waals surface area contributed by atoms with Crippen LogP contribution in [0.4, 0.5) is 0 Å². The van der Waals surface area contributed by atoms with Crippen molar-refractivity contribution in [2.45, 2.75) is 155 Å². The van der Waals surface area contributed by atoms with Crippen molar-refractivity contribution >= 4 is 14.0 Å². The molecule has 0 saturated heterocycles. The van der Waals surface area contributed by atoms with E-state index in [1.807, 2.05) is 0 Å². The van der Waals surface area contributed by atoms with Gasteiger partial charge in [0.1, 0.15) is 11.4 Å². The fourth-order valence-corrected chi connectivity index (χ4v) is 7.32.